The molecule has 0 aromatic carbocycles. The van der Waals surface area contributed by atoms with E-state index in [0.29, 0.717) is 12.5 Å². The third-order valence-electron chi connectivity index (χ3n) is 3.06. The van der Waals surface area contributed by atoms with E-state index in [0.717, 1.165) is 13.1 Å². The zero-order valence-electron chi connectivity index (χ0n) is 12.1. The zero-order chi connectivity index (χ0) is 13.4. The first-order chi connectivity index (χ1) is 7.97. The molecule has 0 aromatic rings. The van der Waals surface area contributed by atoms with Crippen LogP contribution in [0.2, 0.25) is 0 Å². The van der Waals surface area contributed by atoms with Gasteiger partial charge in [-0.25, -0.2) is 0 Å². The lowest BCUT2D eigenvalue weighted by Gasteiger charge is -2.28. The molecule has 1 amide bonds. The Kier molecular flexibility index (Phi) is 8.17. The SMILES string of the molecule is CCN(CC)C(=O)C(C)NC(COC)C(C)C. The average Bonchev–Trinajstić information content (AvgIpc) is 2.29. The van der Waals surface area contributed by atoms with Crippen molar-refractivity contribution in [2.24, 2.45) is 5.92 Å². The molecule has 0 heterocycles. The highest BCUT2D eigenvalue weighted by molar-refractivity contribution is 5.81. The van der Waals surface area contributed by atoms with Crippen LogP contribution in [-0.4, -0.2) is 49.7 Å². The number of amides is 1. The van der Waals surface area contributed by atoms with Gasteiger partial charge in [0.15, 0.2) is 0 Å². The molecule has 1 N–H and O–H groups in total. The lowest BCUT2D eigenvalue weighted by atomic mass is 10.0. The van der Waals surface area contributed by atoms with E-state index in [-0.39, 0.29) is 18.0 Å². The van der Waals surface area contributed by atoms with E-state index in [4.69, 9.17) is 4.74 Å². The number of likely N-dealkylation sites (N-methyl/N-ethyl adjacent to an activating group) is 1. The standard InChI is InChI=1S/C13H28N2O2/c1-7-15(8-2)13(16)11(5)14-12(9-17-6)10(3)4/h10-12,14H,7-9H2,1-6H3. The number of carbonyl (C=O) groups excluding carboxylic acids is 1. The minimum absolute atomic E-state index is 0.155. The number of ether oxygens (including phenoxy) is 1. The van der Waals surface area contributed by atoms with Gasteiger partial charge in [0.25, 0.3) is 0 Å². The maximum Gasteiger partial charge on any atom is 0.239 e. The van der Waals surface area contributed by atoms with Gasteiger partial charge in [0.1, 0.15) is 0 Å². The Balaban J connectivity index is 4.38. The molecular weight excluding hydrogens is 216 g/mol. The quantitative estimate of drug-likeness (QED) is 0.703. The fourth-order valence-corrected chi connectivity index (χ4v) is 1.81. The molecule has 0 saturated carbocycles. The number of nitrogens with one attached hydrogen (secondary N) is 1. The molecule has 0 radical (unpaired) electrons. The van der Waals surface area contributed by atoms with Crippen molar-refractivity contribution in [1.29, 1.82) is 0 Å². The van der Waals surface area contributed by atoms with Gasteiger partial charge in [-0.1, -0.05) is 13.8 Å². The summed E-state index contributed by atoms with van der Waals surface area (Å²) < 4.78 is 5.17. The normalized spacial score (nSPS) is 14.8. The first-order valence-electron chi connectivity index (χ1n) is 6.51. The molecule has 0 rings (SSSR count). The Morgan fingerprint density at radius 3 is 2.12 bits per heavy atom. The van der Waals surface area contributed by atoms with Crippen molar-refractivity contribution in [3.05, 3.63) is 0 Å². The smallest absolute Gasteiger partial charge is 0.239 e. The van der Waals surface area contributed by atoms with E-state index >= 15 is 0 Å². The largest absolute Gasteiger partial charge is 0.383 e. The lowest BCUT2D eigenvalue weighted by Crippen LogP contribution is -2.51. The topological polar surface area (TPSA) is 41.6 Å². The van der Waals surface area contributed by atoms with Crippen molar-refractivity contribution in [2.45, 2.75) is 46.7 Å². The third kappa shape index (κ3) is 5.50. The summed E-state index contributed by atoms with van der Waals surface area (Å²) in [6, 6.07) is 0.0620. The van der Waals surface area contributed by atoms with Crippen molar-refractivity contribution < 1.29 is 9.53 Å². The summed E-state index contributed by atoms with van der Waals surface area (Å²) in [5.41, 5.74) is 0. The van der Waals surface area contributed by atoms with Crippen LogP contribution in [0.15, 0.2) is 0 Å². The molecule has 0 spiro atoms. The molecule has 0 aliphatic rings. The Labute approximate surface area is 106 Å². The number of rotatable bonds is 8. The first-order valence-corrected chi connectivity index (χ1v) is 6.51. The molecule has 0 aliphatic carbocycles. The Morgan fingerprint density at radius 1 is 1.24 bits per heavy atom. The molecule has 4 heteroatoms. The highest BCUT2D eigenvalue weighted by atomic mass is 16.5. The van der Waals surface area contributed by atoms with Gasteiger partial charge in [-0.15, -0.1) is 0 Å². The van der Waals surface area contributed by atoms with Gasteiger partial charge in [0.05, 0.1) is 12.6 Å². The fraction of sp³-hybridized carbons (Fsp3) is 0.923. The Morgan fingerprint density at radius 2 is 1.76 bits per heavy atom. The van der Waals surface area contributed by atoms with Crippen molar-refractivity contribution in [3.63, 3.8) is 0 Å². The number of methoxy groups -OCH3 is 1. The Bertz CT molecular complexity index is 215. The second-order valence-electron chi connectivity index (χ2n) is 4.70. The van der Waals surface area contributed by atoms with Gasteiger partial charge in [-0.2, -0.15) is 0 Å². The summed E-state index contributed by atoms with van der Waals surface area (Å²) in [6.45, 7) is 12.3. The van der Waals surface area contributed by atoms with Gasteiger partial charge < -0.3 is 15.0 Å². The second-order valence-corrected chi connectivity index (χ2v) is 4.70. The second kappa shape index (κ2) is 8.48. The van der Waals surface area contributed by atoms with Gasteiger partial charge in [0, 0.05) is 26.2 Å². The van der Waals surface area contributed by atoms with Crippen LogP contribution in [0.3, 0.4) is 0 Å². The highest BCUT2D eigenvalue weighted by Crippen LogP contribution is 2.05. The minimum Gasteiger partial charge on any atom is -0.383 e. The summed E-state index contributed by atoms with van der Waals surface area (Å²) in [4.78, 5) is 13.9. The van der Waals surface area contributed by atoms with Gasteiger partial charge in [-0.3, -0.25) is 4.79 Å². The third-order valence-corrected chi connectivity index (χ3v) is 3.06. The van der Waals surface area contributed by atoms with E-state index in [9.17, 15) is 4.79 Å². The summed E-state index contributed by atoms with van der Waals surface area (Å²) in [7, 11) is 1.69. The predicted octanol–water partition coefficient (Wildman–Crippen LogP) is 1.50. The van der Waals surface area contributed by atoms with Gasteiger partial charge in [0.2, 0.25) is 5.91 Å². The van der Waals surface area contributed by atoms with Crippen LogP contribution < -0.4 is 5.32 Å². The maximum atomic E-state index is 12.1. The van der Waals surface area contributed by atoms with Crippen LogP contribution in [0, 0.1) is 5.92 Å². The maximum absolute atomic E-state index is 12.1. The van der Waals surface area contributed by atoms with Crippen LogP contribution in [0.4, 0.5) is 0 Å². The van der Waals surface area contributed by atoms with Crippen molar-refractivity contribution in [3.8, 4) is 0 Å². The molecule has 0 saturated heterocycles. The van der Waals surface area contributed by atoms with Crippen LogP contribution in [0.25, 0.3) is 0 Å². The van der Waals surface area contributed by atoms with Crippen molar-refractivity contribution >= 4 is 5.91 Å². The lowest BCUT2D eigenvalue weighted by molar-refractivity contribution is -0.133. The van der Waals surface area contributed by atoms with Crippen LogP contribution in [0.1, 0.15) is 34.6 Å². The fourth-order valence-electron chi connectivity index (χ4n) is 1.81. The van der Waals surface area contributed by atoms with Crippen LogP contribution in [0.5, 0.6) is 0 Å². The molecule has 0 aliphatic heterocycles. The molecule has 0 fully saturated rings. The van der Waals surface area contributed by atoms with Crippen LogP contribution in [-0.2, 0) is 9.53 Å². The number of hydrogen-bond acceptors (Lipinski definition) is 3. The van der Waals surface area contributed by atoms with Crippen molar-refractivity contribution in [2.75, 3.05) is 26.8 Å². The van der Waals surface area contributed by atoms with E-state index in [1.807, 2.05) is 25.7 Å². The number of carbonyl (C=O) groups is 1. The average molecular weight is 244 g/mol. The number of hydrogen-bond donors (Lipinski definition) is 1. The molecule has 17 heavy (non-hydrogen) atoms. The van der Waals surface area contributed by atoms with E-state index in [2.05, 4.69) is 19.2 Å². The molecular formula is C13H28N2O2. The molecule has 0 aromatic heterocycles. The summed E-state index contributed by atoms with van der Waals surface area (Å²) in [5.74, 6) is 0.610. The molecule has 4 nitrogen and oxygen atoms in total. The summed E-state index contributed by atoms with van der Waals surface area (Å²) >= 11 is 0. The minimum atomic E-state index is -0.155. The molecule has 0 bridgehead atoms. The van der Waals surface area contributed by atoms with Crippen molar-refractivity contribution in [1.82, 2.24) is 10.2 Å². The predicted molar refractivity (Wildman–Crippen MR) is 71.0 cm³/mol. The summed E-state index contributed by atoms with van der Waals surface area (Å²) in [6.07, 6.45) is 0. The molecule has 2 atom stereocenters. The Hall–Kier alpha value is -0.610. The van der Waals surface area contributed by atoms with E-state index < -0.39 is 0 Å². The molecule has 2 unspecified atom stereocenters. The zero-order valence-corrected chi connectivity index (χ0v) is 12.1. The van der Waals surface area contributed by atoms with Crippen LogP contribution >= 0.6 is 0 Å². The monoisotopic (exact) mass is 244 g/mol. The number of nitrogens with zero attached hydrogens (tertiary/aromatic N) is 1. The summed E-state index contributed by atoms with van der Waals surface area (Å²) in [5, 5.41) is 3.35. The van der Waals surface area contributed by atoms with Gasteiger partial charge >= 0.3 is 0 Å². The first kappa shape index (κ1) is 16.4. The van der Waals surface area contributed by atoms with E-state index in [1.54, 1.807) is 7.11 Å². The highest BCUT2D eigenvalue weighted by Gasteiger charge is 2.22. The van der Waals surface area contributed by atoms with E-state index in [1.165, 1.54) is 0 Å². The van der Waals surface area contributed by atoms with Gasteiger partial charge in [-0.05, 0) is 26.7 Å². The molecule has 102 valence electrons.